The second-order valence-corrected chi connectivity index (χ2v) is 5.16. The van der Waals surface area contributed by atoms with Crippen LogP contribution in [0.4, 0.5) is 0 Å². The zero-order valence-corrected chi connectivity index (χ0v) is 11.6. The molecule has 0 atom stereocenters. The van der Waals surface area contributed by atoms with Crippen molar-refractivity contribution in [2.75, 3.05) is 0 Å². The minimum atomic E-state index is -0.775. The predicted molar refractivity (Wildman–Crippen MR) is 74.6 cm³/mol. The van der Waals surface area contributed by atoms with Crippen molar-refractivity contribution in [3.05, 3.63) is 46.6 Å². The normalized spacial score (nSPS) is 10.6. The van der Waals surface area contributed by atoms with E-state index in [2.05, 4.69) is 22.0 Å². The van der Waals surface area contributed by atoms with E-state index >= 15 is 0 Å². The third-order valence-corrected chi connectivity index (χ3v) is 3.27. The summed E-state index contributed by atoms with van der Waals surface area (Å²) in [6.07, 6.45) is 2.12. The number of nitrogens with zero attached hydrogens (tertiary/aromatic N) is 1. The maximum Gasteiger partial charge on any atom is 0.305 e. The number of halogens is 1. The Morgan fingerprint density at radius 1 is 1.33 bits per heavy atom. The molecule has 1 aromatic carbocycles. The third kappa shape index (κ3) is 3.01. The van der Waals surface area contributed by atoms with E-state index in [-0.39, 0.29) is 6.42 Å². The molecule has 0 aliphatic rings. The van der Waals surface area contributed by atoms with Crippen LogP contribution >= 0.6 is 15.9 Å². The van der Waals surface area contributed by atoms with Crippen molar-refractivity contribution in [1.29, 1.82) is 0 Å². The van der Waals surface area contributed by atoms with Crippen LogP contribution in [0.2, 0.25) is 0 Å². The third-order valence-electron chi connectivity index (χ3n) is 2.74. The first-order valence-corrected chi connectivity index (χ1v) is 6.50. The molecule has 2 rings (SSSR count). The lowest BCUT2D eigenvalue weighted by Crippen LogP contribution is -2.04. The van der Waals surface area contributed by atoms with Gasteiger partial charge in [-0.3, -0.25) is 4.79 Å². The molecule has 0 amide bonds. The van der Waals surface area contributed by atoms with Crippen molar-refractivity contribution in [3.63, 3.8) is 0 Å². The van der Waals surface area contributed by atoms with Gasteiger partial charge >= 0.3 is 5.97 Å². The molecule has 4 heteroatoms. The molecule has 0 bridgehead atoms. The minimum absolute atomic E-state index is 0.137. The van der Waals surface area contributed by atoms with Crippen LogP contribution in [0.1, 0.15) is 12.0 Å². The maximum absolute atomic E-state index is 10.7. The lowest BCUT2D eigenvalue weighted by atomic mass is 10.1. The van der Waals surface area contributed by atoms with Gasteiger partial charge in [0.05, 0.1) is 6.42 Å². The molecule has 0 saturated carbocycles. The molecule has 0 aliphatic heterocycles. The fourth-order valence-corrected chi connectivity index (χ4v) is 2.19. The maximum atomic E-state index is 10.7. The van der Waals surface area contributed by atoms with Gasteiger partial charge in [-0.2, -0.15) is 0 Å². The van der Waals surface area contributed by atoms with Gasteiger partial charge in [0.2, 0.25) is 0 Å². The number of hydrogen-bond donors (Lipinski definition) is 1. The van der Waals surface area contributed by atoms with E-state index in [1.165, 1.54) is 0 Å². The Kier molecular flexibility index (Phi) is 3.87. The van der Waals surface area contributed by atoms with Crippen molar-refractivity contribution in [2.45, 2.75) is 19.9 Å². The minimum Gasteiger partial charge on any atom is -0.481 e. The zero-order valence-electron chi connectivity index (χ0n) is 10.1. The average molecular weight is 308 g/mol. The van der Waals surface area contributed by atoms with E-state index in [4.69, 9.17) is 5.11 Å². The van der Waals surface area contributed by atoms with Gasteiger partial charge in [0.25, 0.3) is 0 Å². The van der Waals surface area contributed by atoms with Crippen LogP contribution in [0, 0.1) is 6.92 Å². The number of aromatic nitrogens is 1. The highest BCUT2D eigenvalue weighted by molar-refractivity contribution is 9.10. The SMILES string of the molecule is Cc1cc(-c2ccc(Br)cc2)n(CCC(=O)O)c1. The highest BCUT2D eigenvalue weighted by atomic mass is 79.9. The van der Waals surface area contributed by atoms with Gasteiger partial charge in [0, 0.05) is 22.9 Å². The summed E-state index contributed by atoms with van der Waals surface area (Å²) >= 11 is 3.41. The molecule has 18 heavy (non-hydrogen) atoms. The van der Waals surface area contributed by atoms with E-state index in [0.29, 0.717) is 6.54 Å². The molecular formula is C14H14BrNO2. The van der Waals surface area contributed by atoms with E-state index < -0.39 is 5.97 Å². The number of aliphatic carboxylic acids is 1. The van der Waals surface area contributed by atoms with E-state index in [1.54, 1.807) is 0 Å². The predicted octanol–water partition coefficient (Wildman–Crippen LogP) is 3.70. The van der Waals surface area contributed by atoms with Gasteiger partial charge in [0.15, 0.2) is 0 Å². The summed E-state index contributed by atoms with van der Waals surface area (Å²) in [5, 5.41) is 8.76. The quantitative estimate of drug-likeness (QED) is 0.936. The highest BCUT2D eigenvalue weighted by Crippen LogP contribution is 2.24. The van der Waals surface area contributed by atoms with Gasteiger partial charge in [-0.25, -0.2) is 0 Å². The summed E-state index contributed by atoms with van der Waals surface area (Å²) in [6, 6.07) is 10.1. The van der Waals surface area contributed by atoms with Crippen LogP contribution in [0.25, 0.3) is 11.3 Å². The number of hydrogen-bond acceptors (Lipinski definition) is 1. The largest absolute Gasteiger partial charge is 0.481 e. The molecule has 1 N–H and O–H groups in total. The topological polar surface area (TPSA) is 42.2 Å². The van der Waals surface area contributed by atoms with Gasteiger partial charge in [0.1, 0.15) is 0 Å². The van der Waals surface area contributed by atoms with Crippen molar-refractivity contribution in [3.8, 4) is 11.3 Å². The molecule has 0 fully saturated rings. The molecular weight excluding hydrogens is 294 g/mol. The van der Waals surface area contributed by atoms with Crippen LogP contribution in [0.3, 0.4) is 0 Å². The molecule has 94 valence electrons. The highest BCUT2D eigenvalue weighted by Gasteiger charge is 2.07. The monoisotopic (exact) mass is 307 g/mol. The molecule has 1 aromatic heterocycles. The van der Waals surface area contributed by atoms with E-state index in [9.17, 15) is 4.79 Å². The fourth-order valence-electron chi connectivity index (χ4n) is 1.92. The Balaban J connectivity index is 2.31. The van der Waals surface area contributed by atoms with Crippen LogP contribution in [-0.4, -0.2) is 15.6 Å². The lowest BCUT2D eigenvalue weighted by molar-refractivity contribution is -0.137. The van der Waals surface area contributed by atoms with Crippen molar-refractivity contribution in [1.82, 2.24) is 4.57 Å². The first-order valence-electron chi connectivity index (χ1n) is 5.71. The first-order chi connectivity index (χ1) is 8.56. The van der Waals surface area contributed by atoms with Crippen LogP contribution < -0.4 is 0 Å². The molecule has 0 radical (unpaired) electrons. The number of rotatable bonds is 4. The number of benzene rings is 1. The first kappa shape index (κ1) is 12.9. The molecule has 0 saturated heterocycles. The Bertz CT molecular complexity index is 558. The van der Waals surface area contributed by atoms with E-state index in [1.807, 2.05) is 42.0 Å². The van der Waals surface area contributed by atoms with Crippen molar-refractivity contribution >= 4 is 21.9 Å². The van der Waals surface area contributed by atoms with Crippen LogP contribution in [0.5, 0.6) is 0 Å². The van der Waals surface area contributed by atoms with Gasteiger partial charge in [-0.05, 0) is 36.2 Å². The summed E-state index contributed by atoms with van der Waals surface area (Å²) in [5.41, 5.74) is 3.29. The molecule has 2 aromatic rings. The Morgan fingerprint density at radius 3 is 2.61 bits per heavy atom. The van der Waals surface area contributed by atoms with Crippen LogP contribution in [0.15, 0.2) is 41.0 Å². The van der Waals surface area contributed by atoms with Gasteiger partial charge in [-0.15, -0.1) is 0 Å². The van der Waals surface area contributed by atoms with Gasteiger partial charge in [-0.1, -0.05) is 28.1 Å². The zero-order chi connectivity index (χ0) is 13.1. The summed E-state index contributed by atoms with van der Waals surface area (Å²) < 4.78 is 3.03. The second-order valence-electron chi connectivity index (χ2n) is 4.25. The van der Waals surface area contributed by atoms with Crippen molar-refractivity contribution in [2.24, 2.45) is 0 Å². The number of carboxylic acid groups (broad SMARTS) is 1. The Labute approximate surface area is 114 Å². The van der Waals surface area contributed by atoms with Crippen LogP contribution in [-0.2, 0) is 11.3 Å². The van der Waals surface area contributed by atoms with Gasteiger partial charge < -0.3 is 9.67 Å². The Morgan fingerprint density at radius 2 is 2.00 bits per heavy atom. The molecule has 0 unspecified atom stereocenters. The van der Waals surface area contributed by atoms with Crippen molar-refractivity contribution < 1.29 is 9.90 Å². The number of carbonyl (C=O) groups is 1. The Hall–Kier alpha value is -1.55. The molecule has 1 heterocycles. The second kappa shape index (κ2) is 5.40. The number of aryl methyl sites for hydroxylation is 2. The summed E-state index contributed by atoms with van der Waals surface area (Å²) in [4.78, 5) is 10.7. The molecule has 0 aliphatic carbocycles. The number of carboxylic acids is 1. The summed E-state index contributed by atoms with van der Waals surface area (Å²) in [6.45, 7) is 2.51. The average Bonchev–Trinajstić information content (AvgIpc) is 2.69. The molecule has 3 nitrogen and oxygen atoms in total. The standard InChI is InChI=1S/C14H14BrNO2/c1-10-8-13(11-2-4-12(15)5-3-11)16(9-10)7-6-14(17)18/h2-5,8-9H,6-7H2,1H3,(H,17,18). The van der Waals surface area contributed by atoms with E-state index in [0.717, 1.165) is 21.3 Å². The smallest absolute Gasteiger partial charge is 0.305 e. The summed E-state index contributed by atoms with van der Waals surface area (Å²) in [5.74, 6) is -0.775. The lowest BCUT2D eigenvalue weighted by Gasteiger charge is -2.08. The fraction of sp³-hybridized carbons (Fsp3) is 0.214. The molecule has 0 spiro atoms. The summed E-state index contributed by atoms with van der Waals surface area (Å²) in [7, 11) is 0.